The van der Waals surface area contributed by atoms with Crippen molar-refractivity contribution in [1.29, 1.82) is 0 Å². The first kappa shape index (κ1) is 17.8. The predicted octanol–water partition coefficient (Wildman–Crippen LogP) is 3.58. The summed E-state index contributed by atoms with van der Waals surface area (Å²) in [5.41, 5.74) is 7.36. The Labute approximate surface area is 136 Å². The fraction of sp³-hybridized carbons (Fsp3) is 0.600. The van der Waals surface area contributed by atoms with Crippen molar-refractivity contribution < 1.29 is 4.74 Å². The molecule has 0 bridgehead atoms. The molecule has 1 heterocycles. The van der Waals surface area contributed by atoms with Crippen molar-refractivity contribution in [1.82, 2.24) is 4.90 Å². The van der Waals surface area contributed by atoms with Crippen LogP contribution >= 0.6 is 28.3 Å². The number of halogens is 2. The number of nitrogens with two attached hydrogens (primary N) is 1. The summed E-state index contributed by atoms with van der Waals surface area (Å²) in [7, 11) is 1.73. The zero-order chi connectivity index (χ0) is 13.8. The standard InChI is InChI=1S/C15H23BrN2O.ClH/c1-11(17)14-5-3-4-8-18(14)10-12-9-13(16)6-7-15(12)19-2;/h6-7,9,11,14H,3-5,8,10,17H2,1-2H3;1H. The van der Waals surface area contributed by atoms with Crippen LogP contribution in [0.2, 0.25) is 0 Å². The maximum absolute atomic E-state index is 6.13. The van der Waals surface area contributed by atoms with E-state index in [1.54, 1.807) is 7.11 Å². The zero-order valence-corrected chi connectivity index (χ0v) is 14.5. The van der Waals surface area contributed by atoms with Crippen LogP contribution in [0.3, 0.4) is 0 Å². The molecule has 0 aromatic heterocycles. The van der Waals surface area contributed by atoms with E-state index in [0.717, 1.165) is 23.3 Å². The molecule has 20 heavy (non-hydrogen) atoms. The molecular formula is C15H24BrClN2O. The molecular weight excluding hydrogens is 340 g/mol. The van der Waals surface area contributed by atoms with Crippen molar-refractivity contribution in [2.24, 2.45) is 5.73 Å². The molecule has 0 aliphatic carbocycles. The van der Waals surface area contributed by atoms with Gasteiger partial charge in [-0.3, -0.25) is 4.90 Å². The SMILES string of the molecule is COc1ccc(Br)cc1CN1CCCCC1C(C)N.Cl. The topological polar surface area (TPSA) is 38.5 Å². The van der Waals surface area contributed by atoms with Gasteiger partial charge in [0.05, 0.1) is 7.11 Å². The summed E-state index contributed by atoms with van der Waals surface area (Å²) >= 11 is 3.54. The lowest BCUT2D eigenvalue weighted by Crippen LogP contribution is -2.48. The quantitative estimate of drug-likeness (QED) is 0.888. The lowest BCUT2D eigenvalue weighted by molar-refractivity contribution is 0.122. The third-order valence-corrected chi connectivity index (χ3v) is 4.38. The normalized spacial score (nSPS) is 21.1. The molecule has 114 valence electrons. The number of rotatable bonds is 4. The minimum Gasteiger partial charge on any atom is -0.496 e. The lowest BCUT2D eigenvalue weighted by atomic mass is 9.96. The monoisotopic (exact) mass is 362 g/mol. The molecule has 1 aliphatic heterocycles. The van der Waals surface area contributed by atoms with Gasteiger partial charge in [-0.25, -0.2) is 0 Å². The van der Waals surface area contributed by atoms with Gasteiger partial charge < -0.3 is 10.5 Å². The number of nitrogens with zero attached hydrogens (tertiary/aromatic N) is 1. The molecule has 5 heteroatoms. The third-order valence-electron chi connectivity index (χ3n) is 3.89. The van der Waals surface area contributed by atoms with Crippen molar-refractivity contribution >= 4 is 28.3 Å². The average Bonchev–Trinajstić information content (AvgIpc) is 2.39. The molecule has 0 saturated carbocycles. The van der Waals surface area contributed by atoms with Crippen molar-refractivity contribution in [2.45, 2.75) is 44.8 Å². The average molecular weight is 364 g/mol. The van der Waals surface area contributed by atoms with Crippen LogP contribution in [0.4, 0.5) is 0 Å². The van der Waals surface area contributed by atoms with Crippen LogP contribution in [-0.4, -0.2) is 30.6 Å². The molecule has 2 atom stereocenters. The summed E-state index contributed by atoms with van der Waals surface area (Å²) in [4.78, 5) is 2.50. The minimum atomic E-state index is 0. The minimum absolute atomic E-state index is 0. The van der Waals surface area contributed by atoms with E-state index in [-0.39, 0.29) is 18.4 Å². The van der Waals surface area contributed by atoms with Crippen LogP contribution in [0.1, 0.15) is 31.7 Å². The maximum Gasteiger partial charge on any atom is 0.123 e. The second-order valence-electron chi connectivity index (χ2n) is 5.35. The van der Waals surface area contributed by atoms with Gasteiger partial charge in [-0.15, -0.1) is 12.4 Å². The Kier molecular flexibility index (Phi) is 7.30. The van der Waals surface area contributed by atoms with Crippen LogP contribution in [-0.2, 0) is 6.54 Å². The van der Waals surface area contributed by atoms with E-state index in [1.807, 2.05) is 12.1 Å². The van der Waals surface area contributed by atoms with Gasteiger partial charge in [-0.05, 0) is 44.5 Å². The van der Waals surface area contributed by atoms with Gasteiger partial charge in [0.2, 0.25) is 0 Å². The second-order valence-corrected chi connectivity index (χ2v) is 6.26. The van der Waals surface area contributed by atoms with Gasteiger partial charge in [-0.1, -0.05) is 22.4 Å². The smallest absolute Gasteiger partial charge is 0.123 e. The molecule has 2 N–H and O–H groups in total. The summed E-state index contributed by atoms with van der Waals surface area (Å²) < 4.78 is 6.55. The number of methoxy groups -OCH3 is 1. The van der Waals surface area contributed by atoms with Gasteiger partial charge in [0, 0.05) is 28.7 Å². The highest BCUT2D eigenvalue weighted by Crippen LogP contribution is 2.27. The highest BCUT2D eigenvalue weighted by molar-refractivity contribution is 9.10. The highest BCUT2D eigenvalue weighted by atomic mass is 79.9. The summed E-state index contributed by atoms with van der Waals surface area (Å²) in [5.74, 6) is 0.956. The molecule has 1 fully saturated rings. The molecule has 2 rings (SSSR count). The predicted molar refractivity (Wildman–Crippen MR) is 89.6 cm³/mol. The Balaban J connectivity index is 0.00000200. The second kappa shape index (κ2) is 8.23. The molecule has 1 aliphatic rings. The molecule has 3 nitrogen and oxygen atoms in total. The van der Waals surface area contributed by atoms with Crippen LogP contribution in [0.15, 0.2) is 22.7 Å². The summed E-state index contributed by atoms with van der Waals surface area (Å²) in [5, 5.41) is 0. The van der Waals surface area contributed by atoms with E-state index in [2.05, 4.69) is 33.8 Å². The van der Waals surface area contributed by atoms with Crippen LogP contribution in [0, 0.1) is 0 Å². The van der Waals surface area contributed by atoms with Crippen LogP contribution < -0.4 is 10.5 Å². The Morgan fingerprint density at radius 1 is 1.45 bits per heavy atom. The van der Waals surface area contributed by atoms with E-state index in [4.69, 9.17) is 10.5 Å². The van der Waals surface area contributed by atoms with Crippen molar-refractivity contribution in [3.63, 3.8) is 0 Å². The Bertz CT molecular complexity index is 428. The van der Waals surface area contributed by atoms with Crippen molar-refractivity contribution in [2.75, 3.05) is 13.7 Å². The van der Waals surface area contributed by atoms with Crippen LogP contribution in [0.25, 0.3) is 0 Å². The Morgan fingerprint density at radius 2 is 2.20 bits per heavy atom. The molecule has 1 aromatic rings. The van der Waals surface area contributed by atoms with E-state index < -0.39 is 0 Å². The number of likely N-dealkylation sites (tertiary alicyclic amines) is 1. The number of hydrogen-bond acceptors (Lipinski definition) is 3. The first-order valence-corrected chi connectivity index (χ1v) is 7.73. The molecule has 1 aromatic carbocycles. The fourth-order valence-corrected chi connectivity index (χ4v) is 3.31. The number of hydrogen-bond donors (Lipinski definition) is 1. The highest BCUT2D eigenvalue weighted by Gasteiger charge is 2.26. The molecule has 0 radical (unpaired) electrons. The summed E-state index contributed by atoms with van der Waals surface area (Å²) in [6.45, 7) is 4.15. The van der Waals surface area contributed by atoms with Gasteiger partial charge in [0.15, 0.2) is 0 Å². The number of piperidine rings is 1. The first-order chi connectivity index (χ1) is 9.11. The van der Waals surface area contributed by atoms with Gasteiger partial charge in [0.1, 0.15) is 5.75 Å². The van der Waals surface area contributed by atoms with Crippen LogP contribution in [0.5, 0.6) is 5.75 Å². The molecule has 0 amide bonds. The Hall–Kier alpha value is -0.290. The molecule has 0 spiro atoms. The van der Waals surface area contributed by atoms with Gasteiger partial charge in [-0.2, -0.15) is 0 Å². The first-order valence-electron chi connectivity index (χ1n) is 6.94. The van der Waals surface area contributed by atoms with Crippen molar-refractivity contribution in [3.05, 3.63) is 28.2 Å². The molecule has 2 unspecified atom stereocenters. The number of ether oxygens (including phenoxy) is 1. The van der Waals surface area contributed by atoms with E-state index >= 15 is 0 Å². The molecule has 1 saturated heterocycles. The fourth-order valence-electron chi connectivity index (χ4n) is 2.90. The van der Waals surface area contributed by atoms with Gasteiger partial charge in [0.25, 0.3) is 0 Å². The maximum atomic E-state index is 6.13. The lowest BCUT2D eigenvalue weighted by Gasteiger charge is -2.38. The Morgan fingerprint density at radius 3 is 2.85 bits per heavy atom. The zero-order valence-electron chi connectivity index (χ0n) is 12.1. The largest absolute Gasteiger partial charge is 0.496 e. The van der Waals surface area contributed by atoms with E-state index in [9.17, 15) is 0 Å². The summed E-state index contributed by atoms with van der Waals surface area (Å²) in [6.07, 6.45) is 3.76. The van der Waals surface area contributed by atoms with E-state index in [1.165, 1.54) is 24.8 Å². The van der Waals surface area contributed by atoms with Gasteiger partial charge >= 0.3 is 0 Å². The van der Waals surface area contributed by atoms with Crippen molar-refractivity contribution in [3.8, 4) is 5.75 Å². The van der Waals surface area contributed by atoms with E-state index in [0.29, 0.717) is 6.04 Å². The third kappa shape index (κ3) is 4.35. The summed E-state index contributed by atoms with van der Waals surface area (Å²) in [6, 6.07) is 6.88. The number of benzene rings is 1.